The molecule has 3 heterocycles. The minimum Gasteiger partial charge on any atom is -0.404 e. The molecular formula is C21H29N7O2. The number of allylic oxidation sites excluding steroid dienone is 1. The summed E-state index contributed by atoms with van der Waals surface area (Å²) in [6.45, 7) is 5.88. The molecule has 3 aromatic heterocycles. The van der Waals surface area contributed by atoms with E-state index < -0.39 is 12.2 Å². The van der Waals surface area contributed by atoms with Crippen molar-refractivity contribution in [2.45, 2.75) is 51.9 Å². The fourth-order valence-electron chi connectivity index (χ4n) is 3.21. The maximum atomic E-state index is 9.72. The van der Waals surface area contributed by atoms with E-state index in [9.17, 15) is 10.2 Å². The van der Waals surface area contributed by atoms with Crippen molar-refractivity contribution >= 4 is 17.3 Å². The second-order valence-electron chi connectivity index (χ2n) is 7.24. The number of fused-ring (bicyclic) bond motifs is 1. The Morgan fingerprint density at radius 1 is 1.23 bits per heavy atom. The standard InChI is InChI=1S/C21H29N7O2/c1-4-17(5-2)27-12-16(10-25-27)21-19-6-7-24-28(19)13-18(26-21)15(8-22)9-23-11-20(30)14(3)29/h6-10,12-14,17,20,29-30H,4-5,11,22H2,1-3H3/t14-,20-/m0/s1. The third kappa shape index (κ3) is 4.58. The lowest BCUT2D eigenvalue weighted by atomic mass is 10.1. The van der Waals surface area contributed by atoms with Crippen molar-refractivity contribution in [3.8, 4) is 11.3 Å². The molecule has 4 N–H and O–H groups in total. The van der Waals surface area contributed by atoms with Crippen LogP contribution in [0.5, 0.6) is 0 Å². The highest BCUT2D eigenvalue weighted by Gasteiger charge is 2.15. The SMILES string of the molecule is CCC(CC)n1cc(-c2nc(C(C=NC[C@H](O)[C@H](C)O)=CN)cn3nccc23)cn1. The van der Waals surface area contributed by atoms with Crippen LogP contribution in [-0.4, -0.2) is 59.6 Å². The van der Waals surface area contributed by atoms with Crippen molar-refractivity contribution in [1.82, 2.24) is 24.4 Å². The van der Waals surface area contributed by atoms with E-state index in [-0.39, 0.29) is 6.54 Å². The molecule has 3 aromatic rings. The van der Waals surface area contributed by atoms with Crippen LogP contribution in [0, 0.1) is 0 Å². The lowest BCUT2D eigenvalue weighted by Gasteiger charge is -2.12. The first-order valence-corrected chi connectivity index (χ1v) is 10.2. The molecule has 9 nitrogen and oxygen atoms in total. The van der Waals surface area contributed by atoms with Crippen LogP contribution in [0.2, 0.25) is 0 Å². The highest BCUT2D eigenvalue weighted by molar-refractivity contribution is 6.09. The molecule has 9 heteroatoms. The van der Waals surface area contributed by atoms with Gasteiger partial charge in [0.05, 0.1) is 60.3 Å². The number of hydrogen-bond acceptors (Lipinski definition) is 7. The van der Waals surface area contributed by atoms with Crippen LogP contribution in [-0.2, 0) is 0 Å². The van der Waals surface area contributed by atoms with Crippen molar-refractivity contribution in [1.29, 1.82) is 0 Å². The van der Waals surface area contributed by atoms with Gasteiger partial charge in [0.1, 0.15) is 0 Å². The summed E-state index contributed by atoms with van der Waals surface area (Å²) in [5.74, 6) is 0. The summed E-state index contributed by atoms with van der Waals surface area (Å²) in [4.78, 5) is 9.00. The van der Waals surface area contributed by atoms with Gasteiger partial charge < -0.3 is 15.9 Å². The lowest BCUT2D eigenvalue weighted by molar-refractivity contribution is 0.0378. The maximum absolute atomic E-state index is 9.72. The van der Waals surface area contributed by atoms with Gasteiger partial charge >= 0.3 is 0 Å². The third-order valence-electron chi connectivity index (χ3n) is 5.14. The molecule has 0 radical (unpaired) electrons. The van der Waals surface area contributed by atoms with Crippen molar-refractivity contribution in [2.24, 2.45) is 10.7 Å². The summed E-state index contributed by atoms with van der Waals surface area (Å²) in [7, 11) is 0. The van der Waals surface area contributed by atoms with Gasteiger partial charge in [-0.2, -0.15) is 10.2 Å². The predicted molar refractivity (Wildman–Crippen MR) is 117 cm³/mol. The molecule has 0 saturated carbocycles. The molecule has 2 atom stereocenters. The van der Waals surface area contributed by atoms with Crippen LogP contribution >= 0.6 is 0 Å². The van der Waals surface area contributed by atoms with E-state index in [1.54, 1.807) is 23.1 Å². The summed E-state index contributed by atoms with van der Waals surface area (Å²) in [6, 6.07) is 2.24. The quantitative estimate of drug-likeness (QED) is 0.463. The molecule has 0 fully saturated rings. The zero-order chi connectivity index (χ0) is 21.7. The van der Waals surface area contributed by atoms with E-state index in [4.69, 9.17) is 10.7 Å². The van der Waals surface area contributed by atoms with Gasteiger partial charge in [0.25, 0.3) is 0 Å². The summed E-state index contributed by atoms with van der Waals surface area (Å²) in [6.07, 6.45) is 10.5. The molecule has 0 bridgehead atoms. The second kappa shape index (κ2) is 9.64. The Labute approximate surface area is 175 Å². The van der Waals surface area contributed by atoms with Crippen LogP contribution in [0.1, 0.15) is 45.3 Å². The number of nitrogens with zero attached hydrogens (tertiary/aromatic N) is 6. The molecule has 0 aliphatic heterocycles. The number of aliphatic hydroxyl groups excluding tert-OH is 2. The fourth-order valence-corrected chi connectivity index (χ4v) is 3.21. The smallest absolute Gasteiger partial charge is 0.0999 e. The van der Waals surface area contributed by atoms with Crippen LogP contribution in [0.4, 0.5) is 0 Å². The summed E-state index contributed by atoms with van der Waals surface area (Å²) < 4.78 is 3.73. The number of rotatable bonds is 9. The van der Waals surface area contributed by atoms with Gasteiger partial charge in [-0.15, -0.1) is 0 Å². The summed E-state index contributed by atoms with van der Waals surface area (Å²) in [5.41, 5.74) is 9.50. The van der Waals surface area contributed by atoms with E-state index in [0.717, 1.165) is 29.6 Å². The molecular weight excluding hydrogens is 382 g/mol. The first-order chi connectivity index (χ1) is 14.5. The average Bonchev–Trinajstić information content (AvgIpc) is 3.41. The first kappa shape index (κ1) is 21.7. The predicted octanol–water partition coefficient (Wildman–Crippen LogP) is 2.07. The number of nitrogens with two attached hydrogens (primary N) is 1. The van der Waals surface area contributed by atoms with Crippen LogP contribution in [0.3, 0.4) is 0 Å². The molecule has 0 spiro atoms. The van der Waals surface area contributed by atoms with E-state index in [0.29, 0.717) is 17.3 Å². The summed E-state index contributed by atoms with van der Waals surface area (Å²) in [5, 5.41) is 28.0. The molecule has 0 aliphatic rings. The molecule has 160 valence electrons. The van der Waals surface area contributed by atoms with E-state index in [1.807, 2.05) is 23.1 Å². The molecule has 3 rings (SSSR count). The third-order valence-corrected chi connectivity index (χ3v) is 5.14. The minimum absolute atomic E-state index is 0.0636. The van der Waals surface area contributed by atoms with Crippen molar-refractivity contribution in [2.75, 3.05) is 6.54 Å². The zero-order valence-electron chi connectivity index (χ0n) is 17.5. The first-order valence-electron chi connectivity index (χ1n) is 10.2. The normalized spacial score (nSPS) is 14.8. The van der Waals surface area contributed by atoms with Gasteiger partial charge in [0.2, 0.25) is 0 Å². The van der Waals surface area contributed by atoms with Gasteiger partial charge in [0, 0.05) is 29.7 Å². The van der Waals surface area contributed by atoms with Crippen LogP contribution < -0.4 is 5.73 Å². The fraction of sp³-hybridized carbons (Fsp3) is 0.429. The van der Waals surface area contributed by atoms with Crippen LogP contribution in [0.25, 0.3) is 22.3 Å². The number of aromatic nitrogens is 5. The Bertz CT molecular complexity index is 1030. The molecule has 0 amide bonds. The molecule has 30 heavy (non-hydrogen) atoms. The Hall–Kier alpha value is -3.04. The van der Waals surface area contributed by atoms with Crippen molar-refractivity contribution in [3.63, 3.8) is 0 Å². The summed E-state index contributed by atoms with van der Waals surface area (Å²) >= 11 is 0. The average molecular weight is 412 g/mol. The highest BCUT2D eigenvalue weighted by atomic mass is 16.3. The minimum atomic E-state index is -0.937. The monoisotopic (exact) mass is 411 g/mol. The highest BCUT2D eigenvalue weighted by Crippen LogP contribution is 2.26. The second-order valence-corrected chi connectivity index (χ2v) is 7.24. The van der Waals surface area contributed by atoms with Crippen LogP contribution in [0.15, 0.2) is 42.0 Å². The number of aliphatic hydroxyl groups is 2. The van der Waals surface area contributed by atoms with Crippen molar-refractivity contribution in [3.05, 3.63) is 42.7 Å². The van der Waals surface area contributed by atoms with Gasteiger partial charge in [-0.3, -0.25) is 9.67 Å². The van der Waals surface area contributed by atoms with Gasteiger partial charge in [-0.05, 0) is 25.8 Å². The zero-order valence-corrected chi connectivity index (χ0v) is 17.5. The van der Waals surface area contributed by atoms with Gasteiger partial charge in [-0.25, -0.2) is 9.50 Å². The van der Waals surface area contributed by atoms with E-state index in [1.165, 1.54) is 13.1 Å². The Morgan fingerprint density at radius 2 is 2.00 bits per heavy atom. The van der Waals surface area contributed by atoms with E-state index >= 15 is 0 Å². The van der Waals surface area contributed by atoms with Crippen molar-refractivity contribution < 1.29 is 10.2 Å². The Kier molecular flexibility index (Phi) is 6.96. The maximum Gasteiger partial charge on any atom is 0.0999 e. The largest absolute Gasteiger partial charge is 0.404 e. The number of aliphatic imine (C=N–C) groups is 1. The molecule has 0 unspecified atom stereocenters. The molecule has 0 saturated heterocycles. The molecule has 0 aliphatic carbocycles. The number of hydrogen-bond donors (Lipinski definition) is 3. The molecule has 0 aromatic carbocycles. The topological polar surface area (TPSA) is 127 Å². The van der Waals surface area contributed by atoms with E-state index in [2.05, 4.69) is 29.0 Å². The van der Waals surface area contributed by atoms with Gasteiger partial charge in [-0.1, -0.05) is 13.8 Å². The Morgan fingerprint density at radius 3 is 2.67 bits per heavy atom. The van der Waals surface area contributed by atoms with Gasteiger partial charge in [0.15, 0.2) is 0 Å². The Balaban J connectivity index is 1.97. The lowest BCUT2D eigenvalue weighted by Crippen LogP contribution is -2.25.